The monoisotopic (exact) mass is 166 g/mol. The van der Waals surface area contributed by atoms with E-state index in [0.717, 1.165) is 17.0 Å². The molecule has 0 amide bonds. The summed E-state index contributed by atoms with van der Waals surface area (Å²) in [6.07, 6.45) is 5.19. The quantitative estimate of drug-likeness (QED) is 0.628. The van der Waals surface area contributed by atoms with Crippen LogP contribution in [0, 0.1) is 0 Å². The molecule has 0 aromatic heterocycles. The van der Waals surface area contributed by atoms with Crippen LogP contribution in [0.2, 0.25) is 5.02 Å². The van der Waals surface area contributed by atoms with Gasteiger partial charge in [0.05, 0.1) is 0 Å². The number of benzene rings is 1. The van der Waals surface area contributed by atoms with Gasteiger partial charge >= 0.3 is 0 Å². The molecule has 0 nitrogen and oxygen atoms in total. The molecule has 0 fully saturated rings. The van der Waals surface area contributed by atoms with Crippen molar-refractivity contribution >= 4 is 17.7 Å². The second-order valence-electron chi connectivity index (χ2n) is 2.33. The fourth-order valence-electron chi connectivity index (χ4n) is 0.855. The summed E-state index contributed by atoms with van der Waals surface area (Å²) in [5.41, 5.74) is 1.09. The summed E-state index contributed by atoms with van der Waals surface area (Å²) in [5, 5.41) is 0.817. The van der Waals surface area contributed by atoms with Crippen LogP contribution in [0.1, 0.15) is 18.9 Å². The molecule has 0 unspecified atom stereocenters. The van der Waals surface area contributed by atoms with Crippen LogP contribution in [0.15, 0.2) is 30.3 Å². The van der Waals surface area contributed by atoms with E-state index in [-0.39, 0.29) is 0 Å². The van der Waals surface area contributed by atoms with Crippen molar-refractivity contribution < 1.29 is 0 Å². The standard InChI is InChI=1S/C10H11Cl/c1-2-3-6-9-7-4-5-8-10(9)11/h3-8H,2H2,1H3. The Morgan fingerprint density at radius 3 is 2.73 bits per heavy atom. The highest BCUT2D eigenvalue weighted by Gasteiger charge is 1.90. The van der Waals surface area contributed by atoms with Crippen LogP contribution in [0.4, 0.5) is 0 Å². The maximum Gasteiger partial charge on any atom is 0.0478 e. The van der Waals surface area contributed by atoms with Gasteiger partial charge in [0, 0.05) is 5.02 Å². The first-order valence-corrected chi connectivity index (χ1v) is 4.13. The molecule has 11 heavy (non-hydrogen) atoms. The van der Waals surface area contributed by atoms with Crippen LogP contribution in [0.3, 0.4) is 0 Å². The minimum Gasteiger partial charge on any atom is -0.0842 e. The Morgan fingerprint density at radius 2 is 2.09 bits per heavy atom. The first kappa shape index (κ1) is 8.35. The van der Waals surface area contributed by atoms with Gasteiger partial charge in [-0.15, -0.1) is 0 Å². The summed E-state index contributed by atoms with van der Waals surface area (Å²) in [4.78, 5) is 0. The number of halogens is 1. The van der Waals surface area contributed by atoms with Crippen molar-refractivity contribution in [3.63, 3.8) is 0 Å². The molecule has 58 valence electrons. The molecule has 0 aliphatic carbocycles. The molecule has 1 rings (SSSR count). The lowest BCUT2D eigenvalue weighted by molar-refractivity contribution is 1.23. The molecule has 0 aliphatic heterocycles. The largest absolute Gasteiger partial charge is 0.0842 e. The Hall–Kier alpha value is -0.750. The van der Waals surface area contributed by atoms with Crippen molar-refractivity contribution in [1.82, 2.24) is 0 Å². The highest BCUT2D eigenvalue weighted by Crippen LogP contribution is 2.16. The van der Waals surface area contributed by atoms with Crippen LogP contribution in [-0.2, 0) is 0 Å². The second kappa shape index (κ2) is 4.20. The average Bonchev–Trinajstić information content (AvgIpc) is 2.03. The van der Waals surface area contributed by atoms with E-state index in [1.807, 2.05) is 30.3 Å². The molecule has 1 heteroatoms. The molecule has 0 spiro atoms. The number of rotatable bonds is 2. The van der Waals surface area contributed by atoms with Crippen molar-refractivity contribution in [3.05, 3.63) is 40.9 Å². The zero-order chi connectivity index (χ0) is 8.10. The zero-order valence-corrected chi connectivity index (χ0v) is 7.31. The van der Waals surface area contributed by atoms with Crippen LogP contribution in [0.5, 0.6) is 0 Å². The fourth-order valence-corrected chi connectivity index (χ4v) is 1.05. The topological polar surface area (TPSA) is 0 Å². The van der Waals surface area contributed by atoms with Crippen molar-refractivity contribution in [2.75, 3.05) is 0 Å². The Labute approximate surface area is 72.5 Å². The maximum absolute atomic E-state index is 5.91. The van der Waals surface area contributed by atoms with Crippen molar-refractivity contribution in [2.45, 2.75) is 13.3 Å². The summed E-state index contributed by atoms with van der Waals surface area (Å²) in [6.45, 7) is 2.10. The van der Waals surface area contributed by atoms with Gasteiger partial charge in [-0.1, -0.05) is 48.9 Å². The lowest BCUT2D eigenvalue weighted by atomic mass is 10.2. The number of hydrogen-bond acceptors (Lipinski definition) is 0. The molecule has 0 atom stereocenters. The molecular formula is C10H11Cl. The third-order valence-corrected chi connectivity index (χ3v) is 1.78. The van der Waals surface area contributed by atoms with E-state index in [0.29, 0.717) is 0 Å². The van der Waals surface area contributed by atoms with E-state index < -0.39 is 0 Å². The Bertz CT molecular complexity index is 251. The van der Waals surface area contributed by atoms with Crippen molar-refractivity contribution in [3.8, 4) is 0 Å². The predicted molar refractivity (Wildman–Crippen MR) is 50.8 cm³/mol. The smallest absolute Gasteiger partial charge is 0.0478 e. The molecule has 1 aromatic carbocycles. The first-order chi connectivity index (χ1) is 5.34. The Morgan fingerprint density at radius 1 is 1.36 bits per heavy atom. The number of allylic oxidation sites excluding steroid dienone is 1. The van der Waals surface area contributed by atoms with Gasteiger partial charge in [0.25, 0.3) is 0 Å². The SMILES string of the molecule is CCC=Cc1ccccc1Cl. The summed E-state index contributed by atoms with van der Waals surface area (Å²) in [7, 11) is 0. The van der Waals surface area contributed by atoms with Gasteiger partial charge in [-0.05, 0) is 18.1 Å². The lowest BCUT2D eigenvalue weighted by Crippen LogP contribution is -1.71. The first-order valence-electron chi connectivity index (χ1n) is 3.75. The maximum atomic E-state index is 5.91. The molecular weight excluding hydrogens is 156 g/mol. The van der Waals surface area contributed by atoms with E-state index >= 15 is 0 Å². The van der Waals surface area contributed by atoms with E-state index in [9.17, 15) is 0 Å². The fraction of sp³-hybridized carbons (Fsp3) is 0.200. The van der Waals surface area contributed by atoms with E-state index in [4.69, 9.17) is 11.6 Å². The Kier molecular flexibility index (Phi) is 3.18. The molecule has 0 N–H and O–H groups in total. The molecule has 0 saturated carbocycles. The van der Waals surface area contributed by atoms with Gasteiger partial charge in [0.2, 0.25) is 0 Å². The van der Waals surface area contributed by atoms with Gasteiger partial charge in [-0.25, -0.2) is 0 Å². The summed E-state index contributed by atoms with van der Waals surface area (Å²) in [5.74, 6) is 0. The minimum absolute atomic E-state index is 0.817. The van der Waals surface area contributed by atoms with Gasteiger partial charge in [0.15, 0.2) is 0 Å². The normalized spacial score (nSPS) is 10.7. The second-order valence-corrected chi connectivity index (χ2v) is 2.74. The Balaban J connectivity index is 2.86. The third kappa shape index (κ3) is 2.39. The molecule has 0 bridgehead atoms. The molecule has 0 radical (unpaired) electrons. The lowest BCUT2D eigenvalue weighted by Gasteiger charge is -1.94. The van der Waals surface area contributed by atoms with Gasteiger partial charge in [0.1, 0.15) is 0 Å². The molecule has 0 aliphatic rings. The molecule has 0 heterocycles. The van der Waals surface area contributed by atoms with Crippen LogP contribution < -0.4 is 0 Å². The highest BCUT2D eigenvalue weighted by molar-refractivity contribution is 6.32. The summed E-state index contributed by atoms with van der Waals surface area (Å²) < 4.78 is 0. The summed E-state index contributed by atoms with van der Waals surface area (Å²) >= 11 is 5.91. The molecule has 0 saturated heterocycles. The van der Waals surface area contributed by atoms with E-state index in [2.05, 4.69) is 13.0 Å². The van der Waals surface area contributed by atoms with Gasteiger partial charge in [-0.3, -0.25) is 0 Å². The van der Waals surface area contributed by atoms with Crippen LogP contribution in [0.25, 0.3) is 6.08 Å². The van der Waals surface area contributed by atoms with E-state index in [1.54, 1.807) is 0 Å². The minimum atomic E-state index is 0.817. The van der Waals surface area contributed by atoms with Crippen LogP contribution in [-0.4, -0.2) is 0 Å². The zero-order valence-electron chi connectivity index (χ0n) is 6.55. The summed E-state index contributed by atoms with van der Waals surface area (Å²) in [6, 6.07) is 7.83. The highest BCUT2D eigenvalue weighted by atomic mass is 35.5. The molecule has 1 aromatic rings. The average molecular weight is 167 g/mol. The van der Waals surface area contributed by atoms with Gasteiger partial charge < -0.3 is 0 Å². The van der Waals surface area contributed by atoms with Crippen molar-refractivity contribution in [1.29, 1.82) is 0 Å². The van der Waals surface area contributed by atoms with E-state index in [1.165, 1.54) is 0 Å². The number of hydrogen-bond donors (Lipinski definition) is 0. The van der Waals surface area contributed by atoms with Crippen LogP contribution >= 0.6 is 11.6 Å². The van der Waals surface area contributed by atoms with Crippen molar-refractivity contribution in [2.24, 2.45) is 0 Å². The predicted octanol–water partition coefficient (Wildman–Crippen LogP) is 3.76. The van der Waals surface area contributed by atoms with Gasteiger partial charge in [-0.2, -0.15) is 0 Å². The third-order valence-electron chi connectivity index (χ3n) is 1.44.